The van der Waals surface area contributed by atoms with E-state index >= 15 is 0 Å². The molecule has 2 aromatic rings. The zero-order valence-electron chi connectivity index (χ0n) is 14.3. The third-order valence-electron chi connectivity index (χ3n) is 4.82. The molecule has 1 aliphatic rings. The van der Waals surface area contributed by atoms with E-state index in [1.165, 1.54) is 16.8 Å². The van der Waals surface area contributed by atoms with Crippen LogP contribution in [0.3, 0.4) is 0 Å². The summed E-state index contributed by atoms with van der Waals surface area (Å²) in [7, 11) is 2.11. The van der Waals surface area contributed by atoms with Gasteiger partial charge in [0.2, 0.25) is 0 Å². The summed E-state index contributed by atoms with van der Waals surface area (Å²) in [5, 5.41) is 4.40. The van der Waals surface area contributed by atoms with Crippen molar-refractivity contribution in [1.82, 2.24) is 29.0 Å². The molecule has 1 aliphatic heterocycles. The number of piperidine rings is 1. The Morgan fingerprint density at radius 2 is 2.21 bits per heavy atom. The minimum atomic E-state index is -3.54. The molecule has 2 aromatic heterocycles. The number of aromatic nitrogens is 4. The van der Waals surface area contributed by atoms with Crippen LogP contribution in [-0.2, 0) is 17.1 Å². The van der Waals surface area contributed by atoms with Gasteiger partial charge in [0.25, 0.3) is 10.0 Å². The van der Waals surface area contributed by atoms with Crippen molar-refractivity contribution in [3.05, 3.63) is 30.5 Å². The van der Waals surface area contributed by atoms with Crippen LogP contribution in [0, 0.1) is 5.92 Å². The van der Waals surface area contributed by atoms with E-state index in [0.717, 1.165) is 25.1 Å². The lowest BCUT2D eigenvalue weighted by atomic mass is 9.87. The maximum atomic E-state index is 12.6. The van der Waals surface area contributed by atoms with Crippen LogP contribution in [-0.4, -0.2) is 64.6 Å². The summed E-state index contributed by atoms with van der Waals surface area (Å²) in [6.07, 6.45) is 6.57. The van der Waals surface area contributed by atoms with Crippen molar-refractivity contribution in [3.8, 4) is 0 Å². The van der Waals surface area contributed by atoms with Gasteiger partial charge >= 0.3 is 0 Å². The van der Waals surface area contributed by atoms with Gasteiger partial charge in [0, 0.05) is 26.8 Å². The molecule has 2 atom stereocenters. The standard InChI is InChI=1S/C15H24N6O2S/c1-19-8-4-5-12(15(19)13-6-7-18-21(13)3)10-20(2)24(22,23)14-9-16-11-17-14/h6-7,9,11-12,15H,4-5,8,10H2,1-3H3,(H,16,17)/t12-,15+/m0/s1. The lowest BCUT2D eigenvalue weighted by Gasteiger charge is -2.40. The van der Waals surface area contributed by atoms with E-state index in [4.69, 9.17) is 0 Å². The van der Waals surface area contributed by atoms with E-state index in [1.54, 1.807) is 13.2 Å². The smallest absolute Gasteiger partial charge is 0.259 e. The Kier molecular flexibility index (Phi) is 4.75. The first kappa shape index (κ1) is 17.1. The van der Waals surface area contributed by atoms with Gasteiger partial charge in [0.15, 0.2) is 5.03 Å². The van der Waals surface area contributed by atoms with Crippen molar-refractivity contribution in [2.45, 2.75) is 23.9 Å². The van der Waals surface area contributed by atoms with E-state index in [0.29, 0.717) is 6.54 Å². The first-order valence-corrected chi connectivity index (χ1v) is 9.48. The lowest BCUT2D eigenvalue weighted by Crippen LogP contribution is -2.43. The molecule has 0 unspecified atom stereocenters. The van der Waals surface area contributed by atoms with Gasteiger partial charge in [-0.15, -0.1) is 0 Å². The van der Waals surface area contributed by atoms with Gasteiger partial charge in [-0.25, -0.2) is 13.4 Å². The minimum absolute atomic E-state index is 0.131. The van der Waals surface area contributed by atoms with Crippen LogP contribution in [0.5, 0.6) is 0 Å². The number of hydrogen-bond donors (Lipinski definition) is 1. The van der Waals surface area contributed by atoms with Gasteiger partial charge in [0.1, 0.15) is 0 Å². The molecule has 0 amide bonds. The summed E-state index contributed by atoms with van der Waals surface area (Å²) >= 11 is 0. The third kappa shape index (κ3) is 3.11. The Labute approximate surface area is 142 Å². The second-order valence-corrected chi connectivity index (χ2v) is 8.42. The number of hydrogen-bond acceptors (Lipinski definition) is 5. The highest BCUT2D eigenvalue weighted by Crippen LogP contribution is 2.35. The number of sulfonamides is 1. The summed E-state index contributed by atoms with van der Waals surface area (Å²) < 4.78 is 28.6. The van der Waals surface area contributed by atoms with Crippen molar-refractivity contribution in [2.24, 2.45) is 13.0 Å². The van der Waals surface area contributed by atoms with Crippen molar-refractivity contribution in [2.75, 3.05) is 27.2 Å². The number of nitrogens with zero attached hydrogens (tertiary/aromatic N) is 5. The van der Waals surface area contributed by atoms with Gasteiger partial charge in [0.05, 0.1) is 24.3 Å². The molecule has 0 aliphatic carbocycles. The molecule has 0 bridgehead atoms. The first-order valence-electron chi connectivity index (χ1n) is 8.04. The Balaban J connectivity index is 1.83. The number of nitrogens with one attached hydrogen (secondary N) is 1. The van der Waals surface area contributed by atoms with Crippen molar-refractivity contribution < 1.29 is 8.42 Å². The minimum Gasteiger partial charge on any atom is -0.335 e. The molecular formula is C15H24N6O2S. The first-order chi connectivity index (χ1) is 11.4. The number of imidazole rings is 1. The molecule has 1 saturated heterocycles. The van der Waals surface area contributed by atoms with Gasteiger partial charge in [-0.1, -0.05) is 0 Å². The number of aryl methyl sites for hydroxylation is 1. The van der Waals surface area contributed by atoms with Crippen LogP contribution in [0.4, 0.5) is 0 Å². The molecule has 0 aromatic carbocycles. The van der Waals surface area contributed by atoms with Crippen LogP contribution < -0.4 is 0 Å². The van der Waals surface area contributed by atoms with E-state index in [2.05, 4.69) is 27.0 Å². The molecule has 1 fully saturated rings. The van der Waals surface area contributed by atoms with E-state index in [1.807, 2.05) is 17.8 Å². The second-order valence-electron chi connectivity index (χ2n) is 6.41. The number of likely N-dealkylation sites (tertiary alicyclic amines) is 1. The molecule has 8 nitrogen and oxygen atoms in total. The summed E-state index contributed by atoms with van der Waals surface area (Å²) in [6.45, 7) is 1.46. The van der Waals surface area contributed by atoms with E-state index in [-0.39, 0.29) is 17.0 Å². The van der Waals surface area contributed by atoms with Crippen molar-refractivity contribution in [3.63, 3.8) is 0 Å². The fraction of sp³-hybridized carbons (Fsp3) is 0.600. The maximum absolute atomic E-state index is 12.6. The Morgan fingerprint density at radius 1 is 1.42 bits per heavy atom. The molecule has 3 heterocycles. The number of H-pyrrole nitrogens is 1. The predicted octanol–water partition coefficient (Wildman–Crippen LogP) is 0.847. The Hall–Kier alpha value is -1.71. The summed E-state index contributed by atoms with van der Waals surface area (Å²) in [4.78, 5) is 8.80. The fourth-order valence-electron chi connectivity index (χ4n) is 3.57. The second kappa shape index (κ2) is 6.66. The lowest BCUT2D eigenvalue weighted by molar-refractivity contribution is 0.103. The van der Waals surface area contributed by atoms with Crippen LogP contribution in [0.2, 0.25) is 0 Å². The van der Waals surface area contributed by atoms with Gasteiger partial charge in [-0.2, -0.15) is 9.40 Å². The normalized spacial score (nSPS) is 23.0. The number of aromatic amines is 1. The van der Waals surface area contributed by atoms with Crippen LogP contribution >= 0.6 is 0 Å². The molecule has 9 heteroatoms. The topological polar surface area (TPSA) is 87.1 Å². The SMILES string of the molecule is CN1CCC[C@@H](CN(C)S(=O)(=O)c2cnc[nH]2)[C@@H]1c1ccnn1C. The van der Waals surface area contributed by atoms with Gasteiger partial charge in [-0.3, -0.25) is 9.58 Å². The van der Waals surface area contributed by atoms with Gasteiger partial charge in [-0.05, 0) is 38.4 Å². The quantitative estimate of drug-likeness (QED) is 0.862. The highest BCUT2D eigenvalue weighted by Gasteiger charge is 2.35. The fourth-order valence-corrected chi connectivity index (χ4v) is 4.69. The predicted molar refractivity (Wildman–Crippen MR) is 89.7 cm³/mol. The molecule has 0 spiro atoms. The molecule has 132 valence electrons. The van der Waals surface area contributed by atoms with Crippen LogP contribution in [0.15, 0.2) is 29.8 Å². The largest absolute Gasteiger partial charge is 0.335 e. The summed E-state index contributed by atoms with van der Waals surface area (Å²) in [5.74, 6) is 0.210. The zero-order chi connectivity index (χ0) is 17.3. The maximum Gasteiger partial charge on any atom is 0.259 e. The molecule has 1 N–H and O–H groups in total. The summed E-state index contributed by atoms with van der Waals surface area (Å²) in [5.41, 5.74) is 1.12. The average Bonchev–Trinajstić information content (AvgIpc) is 3.19. The highest BCUT2D eigenvalue weighted by atomic mass is 32.2. The molecule has 0 radical (unpaired) electrons. The average molecular weight is 352 g/mol. The Morgan fingerprint density at radius 3 is 2.83 bits per heavy atom. The highest BCUT2D eigenvalue weighted by molar-refractivity contribution is 7.89. The number of rotatable bonds is 5. The van der Waals surface area contributed by atoms with Gasteiger partial charge < -0.3 is 4.98 Å². The van der Waals surface area contributed by atoms with Crippen LogP contribution in [0.25, 0.3) is 0 Å². The van der Waals surface area contributed by atoms with Crippen LogP contribution in [0.1, 0.15) is 24.6 Å². The molecule has 24 heavy (non-hydrogen) atoms. The Bertz CT molecular complexity index is 770. The van der Waals surface area contributed by atoms with Crippen molar-refractivity contribution in [1.29, 1.82) is 0 Å². The van der Waals surface area contributed by atoms with E-state index in [9.17, 15) is 8.42 Å². The van der Waals surface area contributed by atoms with Crippen molar-refractivity contribution >= 4 is 10.0 Å². The summed E-state index contributed by atoms with van der Waals surface area (Å²) in [6, 6.07) is 2.17. The molecular weight excluding hydrogens is 328 g/mol. The van der Waals surface area contributed by atoms with E-state index < -0.39 is 10.0 Å². The molecule has 0 saturated carbocycles. The third-order valence-corrected chi connectivity index (χ3v) is 6.57. The zero-order valence-corrected chi connectivity index (χ0v) is 15.1. The molecule has 3 rings (SSSR count). The monoisotopic (exact) mass is 352 g/mol.